The van der Waals surface area contributed by atoms with E-state index in [4.69, 9.17) is 28.3 Å². The number of hydrazone groups is 1. The lowest BCUT2D eigenvalue weighted by molar-refractivity contribution is -0.126. The molecule has 0 radical (unpaired) electrons. The molecule has 8 nitrogen and oxygen atoms in total. The maximum Gasteiger partial charge on any atom is 0.294 e. The Morgan fingerprint density at radius 1 is 1.05 bits per heavy atom. The number of allylic oxidation sites excluding steroid dienone is 1. The summed E-state index contributed by atoms with van der Waals surface area (Å²) in [6, 6.07) is 20.6. The lowest BCUT2D eigenvalue weighted by Crippen LogP contribution is -2.78. The second-order valence-electron chi connectivity index (χ2n) is 8.79. The Bertz CT molecular complexity index is 1740. The van der Waals surface area contributed by atoms with E-state index in [0.717, 1.165) is 15.8 Å². The Balaban J connectivity index is 1.48. The predicted molar refractivity (Wildman–Crippen MR) is 151 cm³/mol. The molecule has 1 fully saturated rings. The molecule has 38 heavy (non-hydrogen) atoms. The third kappa shape index (κ3) is 4.00. The number of fused-ring (bicyclic) bond motifs is 1. The lowest BCUT2D eigenvalue weighted by Gasteiger charge is -2.55. The van der Waals surface area contributed by atoms with E-state index >= 15 is 0 Å². The number of carbonyl (C=O) groups excluding carboxylic acids is 1. The number of hydrogen-bond donors (Lipinski definition) is 1. The van der Waals surface area contributed by atoms with Gasteiger partial charge in [-0.25, -0.2) is 9.99 Å². The number of β-lactam (4-membered cyclic amide) rings is 1. The molecule has 12 heteroatoms. The highest BCUT2D eigenvalue weighted by molar-refractivity contribution is 7.85. The minimum Gasteiger partial charge on any atom is -0.282 e. The molecule has 1 N–H and O–H groups in total. The zero-order valence-corrected chi connectivity index (χ0v) is 22.5. The summed E-state index contributed by atoms with van der Waals surface area (Å²) in [5.41, 5.74) is 1.26. The van der Waals surface area contributed by atoms with E-state index in [1.165, 1.54) is 34.4 Å². The number of alkyl halides is 1. The number of halogens is 2. The van der Waals surface area contributed by atoms with Gasteiger partial charge in [-0.15, -0.1) is 11.6 Å². The van der Waals surface area contributed by atoms with Gasteiger partial charge in [-0.3, -0.25) is 14.2 Å². The van der Waals surface area contributed by atoms with E-state index in [9.17, 15) is 17.8 Å². The van der Waals surface area contributed by atoms with Gasteiger partial charge in [0.25, 0.3) is 16.0 Å². The normalized spacial score (nSPS) is 21.5. The van der Waals surface area contributed by atoms with Gasteiger partial charge in [0, 0.05) is 11.4 Å². The number of carbonyl (C=O) groups is 1. The van der Waals surface area contributed by atoms with Crippen LogP contribution >= 0.6 is 34.5 Å². The summed E-state index contributed by atoms with van der Waals surface area (Å²) >= 11 is 14.4. The van der Waals surface area contributed by atoms with Crippen molar-refractivity contribution in [2.24, 2.45) is 5.10 Å². The van der Waals surface area contributed by atoms with Crippen molar-refractivity contribution in [1.82, 2.24) is 4.98 Å². The smallest absolute Gasteiger partial charge is 0.282 e. The Labute approximate surface area is 232 Å². The van der Waals surface area contributed by atoms with Crippen LogP contribution in [-0.4, -0.2) is 40.6 Å². The summed E-state index contributed by atoms with van der Waals surface area (Å²) in [5, 5.41) is 6.32. The van der Waals surface area contributed by atoms with Crippen LogP contribution < -0.4 is 9.91 Å². The monoisotopic (exact) mass is 584 g/mol. The van der Waals surface area contributed by atoms with Crippen LogP contribution in [-0.2, 0) is 14.9 Å². The molecular weight excluding hydrogens is 567 g/mol. The van der Waals surface area contributed by atoms with Crippen LogP contribution in [0.2, 0.25) is 5.02 Å². The maximum absolute atomic E-state index is 13.2. The number of aromatic nitrogens is 1. The summed E-state index contributed by atoms with van der Waals surface area (Å²) in [4.78, 5) is 19.1. The molecule has 0 saturated carbocycles. The van der Waals surface area contributed by atoms with Crippen LogP contribution in [0.5, 0.6) is 0 Å². The van der Waals surface area contributed by atoms with Gasteiger partial charge in [0.15, 0.2) is 16.2 Å². The third-order valence-electron chi connectivity index (χ3n) is 6.46. The van der Waals surface area contributed by atoms with Crippen LogP contribution in [0.3, 0.4) is 0 Å². The molecule has 1 aromatic heterocycles. The van der Waals surface area contributed by atoms with Crippen molar-refractivity contribution < 1.29 is 17.8 Å². The van der Waals surface area contributed by atoms with Gasteiger partial charge in [-0.05, 0) is 48.0 Å². The molecule has 3 aromatic carbocycles. The molecule has 2 unspecified atom stereocenters. The molecule has 2 aliphatic rings. The number of nitrogens with zero attached hydrogens (tertiary/aromatic N) is 4. The number of thiazole rings is 1. The fourth-order valence-electron chi connectivity index (χ4n) is 4.67. The molecule has 192 valence electrons. The maximum atomic E-state index is 13.2. The highest BCUT2D eigenvalue weighted by Gasteiger charge is 2.67. The Morgan fingerprint density at radius 2 is 1.82 bits per heavy atom. The van der Waals surface area contributed by atoms with Crippen LogP contribution in [0, 0.1) is 0 Å². The van der Waals surface area contributed by atoms with Gasteiger partial charge in [0.05, 0.1) is 26.5 Å². The number of para-hydroxylation sites is 1. The second-order valence-corrected chi connectivity index (χ2v) is 12.1. The molecule has 0 bridgehead atoms. The third-order valence-corrected chi connectivity index (χ3v) is 9.21. The molecule has 1 spiro atoms. The SMILES string of the molecule is O=C1C(Cl)C2(CC(C=Cc3ccccc3Cl)=NN2c2cccc(S(=O)(=O)O)c2)N1c1nc2ccccc2s1. The molecule has 2 atom stereocenters. The summed E-state index contributed by atoms with van der Waals surface area (Å²) in [6.45, 7) is 0. The first-order valence-corrected chi connectivity index (χ1v) is 14.5. The first-order chi connectivity index (χ1) is 18.2. The summed E-state index contributed by atoms with van der Waals surface area (Å²) in [6.07, 6.45) is 3.84. The number of benzene rings is 3. The van der Waals surface area contributed by atoms with Crippen molar-refractivity contribution in [3.8, 4) is 0 Å². The van der Waals surface area contributed by atoms with Crippen molar-refractivity contribution in [2.45, 2.75) is 22.4 Å². The highest BCUT2D eigenvalue weighted by Crippen LogP contribution is 2.51. The van der Waals surface area contributed by atoms with E-state index in [1.807, 2.05) is 48.5 Å². The second kappa shape index (κ2) is 9.18. The number of hydrogen-bond acceptors (Lipinski definition) is 7. The van der Waals surface area contributed by atoms with E-state index in [0.29, 0.717) is 21.6 Å². The fourth-order valence-corrected chi connectivity index (χ4v) is 6.80. The van der Waals surface area contributed by atoms with E-state index in [2.05, 4.69) is 4.98 Å². The van der Waals surface area contributed by atoms with Crippen LogP contribution in [0.15, 0.2) is 88.9 Å². The topological polar surface area (TPSA) is 103 Å². The predicted octanol–water partition coefficient (Wildman–Crippen LogP) is 5.83. The molecule has 3 heterocycles. The van der Waals surface area contributed by atoms with Crippen molar-refractivity contribution >= 4 is 83.4 Å². The van der Waals surface area contributed by atoms with Crippen molar-refractivity contribution in [3.05, 3.63) is 89.5 Å². The first-order valence-electron chi connectivity index (χ1n) is 11.4. The molecular formula is C26H18Cl2N4O4S2. The molecule has 1 saturated heterocycles. The fraction of sp³-hybridized carbons (Fsp3) is 0.115. The van der Waals surface area contributed by atoms with Gasteiger partial charge < -0.3 is 0 Å². The summed E-state index contributed by atoms with van der Waals surface area (Å²) in [7, 11) is -4.48. The Kier molecular flexibility index (Phi) is 6.04. The minimum atomic E-state index is -4.48. The van der Waals surface area contributed by atoms with Crippen molar-refractivity contribution in [3.63, 3.8) is 0 Å². The zero-order valence-electron chi connectivity index (χ0n) is 19.4. The number of rotatable bonds is 5. The van der Waals surface area contributed by atoms with Crippen LogP contribution in [0.25, 0.3) is 16.3 Å². The molecule has 6 rings (SSSR count). The van der Waals surface area contributed by atoms with Gasteiger partial charge in [-0.1, -0.05) is 65.4 Å². The lowest BCUT2D eigenvalue weighted by atomic mass is 9.87. The molecule has 0 aliphatic carbocycles. The van der Waals surface area contributed by atoms with Crippen LogP contribution in [0.4, 0.5) is 10.8 Å². The number of amides is 1. The largest absolute Gasteiger partial charge is 0.294 e. The van der Waals surface area contributed by atoms with E-state index in [-0.39, 0.29) is 17.2 Å². The molecule has 2 aliphatic heterocycles. The van der Waals surface area contributed by atoms with Gasteiger partial charge in [0.2, 0.25) is 0 Å². The highest BCUT2D eigenvalue weighted by atomic mass is 35.5. The first kappa shape index (κ1) is 25.0. The molecule has 4 aromatic rings. The summed E-state index contributed by atoms with van der Waals surface area (Å²) < 4.78 is 34.3. The van der Waals surface area contributed by atoms with Gasteiger partial charge in [-0.2, -0.15) is 13.5 Å². The van der Waals surface area contributed by atoms with Crippen molar-refractivity contribution in [2.75, 3.05) is 9.91 Å². The zero-order chi connectivity index (χ0) is 26.7. The standard InChI is InChI=1S/C26H18Cl2N4O4S2/c27-20-9-2-1-6-16(20)12-13-17-15-26(32(30-17)18-7-5-8-19(14-18)38(34,35)36)23(28)24(33)31(26)25-29-21-10-3-4-11-22(21)37-25/h1-14,23H,15H2,(H,34,35,36). The van der Waals surface area contributed by atoms with Crippen LogP contribution in [0.1, 0.15) is 12.0 Å². The Hall–Kier alpha value is -3.28. The summed E-state index contributed by atoms with van der Waals surface area (Å²) in [5.74, 6) is -0.340. The minimum absolute atomic E-state index is 0.236. The molecule has 1 amide bonds. The van der Waals surface area contributed by atoms with E-state index < -0.39 is 21.2 Å². The van der Waals surface area contributed by atoms with Crippen molar-refractivity contribution in [1.29, 1.82) is 0 Å². The van der Waals surface area contributed by atoms with E-state index in [1.54, 1.807) is 23.2 Å². The van der Waals surface area contributed by atoms with Gasteiger partial charge >= 0.3 is 0 Å². The Morgan fingerprint density at radius 3 is 2.58 bits per heavy atom. The quantitative estimate of drug-likeness (QED) is 0.180. The van der Waals surface area contributed by atoms with Gasteiger partial charge in [0.1, 0.15) is 0 Å². The number of anilines is 2. The average molecular weight is 585 g/mol. The average Bonchev–Trinajstić information content (AvgIpc) is 3.51.